The Kier molecular flexibility index (Phi) is 5.09. The molecule has 0 unspecified atom stereocenters. The Balaban J connectivity index is 1.73. The number of nitrogens with two attached hydrogens (primary N) is 1. The highest BCUT2D eigenvalue weighted by Gasteiger charge is 2.06. The summed E-state index contributed by atoms with van der Waals surface area (Å²) in [5.41, 5.74) is 7.97. The topological polar surface area (TPSA) is 41.3 Å². The highest BCUT2D eigenvalue weighted by Crippen LogP contribution is 2.19. The highest BCUT2D eigenvalue weighted by atomic mass is 15.1. The summed E-state index contributed by atoms with van der Waals surface area (Å²) >= 11 is 0. The molecule has 1 aromatic carbocycles. The van der Waals surface area contributed by atoms with E-state index in [4.69, 9.17) is 5.73 Å². The summed E-state index contributed by atoms with van der Waals surface area (Å²) in [4.78, 5) is 2.35. The lowest BCUT2D eigenvalue weighted by Crippen LogP contribution is -2.18. The summed E-state index contributed by atoms with van der Waals surface area (Å²) in [6, 6.07) is 8.71. The van der Waals surface area contributed by atoms with Gasteiger partial charge in [0.2, 0.25) is 0 Å². The van der Waals surface area contributed by atoms with Crippen LogP contribution in [-0.2, 0) is 0 Å². The minimum atomic E-state index is 0.804. The van der Waals surface area contributed by atoms with Crippen LogP contribution in [0.4, 0.5) is 11.4 Å². The van der Waals surface area contributed by atoms with Gasteiger partial charge in [-0.05, 0) is 43.7 Å². The van der Waals surface area contributed by atoms with Crippen LogP contribution in [0.15, 0.2) is 36.4 Å². The molecule has 0 amide bonds. The smallest absolute Gasteiger partial charge is 0.0373 e. The number of rotatable bonds is 7. The predicted octanol–water partition coefficient (Wildman–Crippen LogP) is 2.60. The van der Waals surface area contributed by atoms with Gasteiger partial charge in [0.25, 0.3) is 0 Å². The lowest BCUT2D eigenvalue weighted by Gasteiger charge is -2.18. The highest BCUT2D eigenvalue weighted by molar-refractivity contribution is 5.56. The summed E-state index contributed by atoms with van der Waals surface area (Å²) < 4.78 is 0. The first-order valence-corrected chi connectivity index (χ1v) is 6.84. The molecule has 0 aromatic heterocycles. The van der Waals surface area contributed by atoms with E-state index in [0.717, 1.165) is 32.6 Å². The van der Waals surface area contributed by atoms with E-state index in [1.54, 1.807) is 0 Å². The molecular formula is C15H23N3. The monoisotopic (exact) mass is 245 g/mol. The SMILES string of the molecule is NCCCCCNc1ccc(N2CC=CC2)cc1. The number of unbranched alkanes of at least 4 members (excludes halogenated alkanes) is 2. The van der Waals surface area contributed by atoms with Gasteiger partial charge in [-0.25, -0.2) is 0 Å². The summed E-state index contributed by atoms with van der Waals surface area (Å²) in [5, 5.41) is 3.45. The molecule has 0 saturated carbocycles. The van der Waals surface area contributed by atoms with Crippen molar-refractivity contribution in [1.82, 2.24) is 0 Å². The number of benzene rings is 1. The van der Waals surface area contributed by atoms with Crippen molar-refractivity contribution in [3.63, 3.8) is 0 Å². The Morgan fingerprint density at radius 2 is 1.72 bits per heavy atom. The second-order valence-electron chi connectivity index (χ2n) is 4.70. The van der Waals surface area contributed by atoms with Crippen molar-refractivity contribution in [2.45, 2.75) is 19.3 Å². The molecular weight excluding hydrogens is 222 g/mol. The van der Waals surface area contributed by atoms with E-state index in [9.17, 15) is 0 Å². The van der Waals surface area contributed by atoms with Crippen LogP contribution in [0.2, 0.25) is 0 Å². The van der Waals surface area contributed by atoms with Crippen molar-refractivity contribution in [2.24, 2.45) is 5.73 Å². The number of hydrogen-bond donors (Lipinski definition) is 2. The van der Waals surface area contributed by atoms with Gasteiger partial charge in [0.1, 0.15) is 0 Å². The van der Waals surface area contributed by atoms with Crippen molar-refractivity contribution < 1.29 is 0 Å². The Bertz CT molecular complexity index is 362. The molecule has 1 heterocycles. The zero-order valence-electron chi connectivity index (χ0n) is 10.9. The standard InChI is InChI=1S/C15H23N3/c16-10-2-1-3-11-17-14-6-8-15(9-7-14)18-12-4-5-13-18/h4-9,17H,1-3,10-13,16H2. The van der Waals surface area contributed by atoms with Crippen molar-refractivity contribution in [3.05, 3.63) is 36.4 Å². The maximum absolute atomic E-state index is 5.47. The zero-order valence-corrected chi connectivity index (χ0v) is 10.9. The van der Waals surface area contributed by atoms with Crippen LogP contribution in [0, 0.1) is 0 Å². The first-order valence-electron chi connectivity index (χ1n) is 6.84. The van der Waals surface area contributed by atoms with E-state index in [1.807, 2.05) is 0 Å². The third-order valence-electron chi connectivity index (χ3n) is 3.26. The second kappa shape index (κ2) is 7.07. The molecule has 3 heteroatoms. The summed E-state index contributed by atoms with van der Waals surface area (Å²) in [5.74, 6) is 0. The first kappa shape index (κ1) is 13.0. The van der Waals surface area contributed by atoms with Crippen molar-refractivity contribution in [1.29, 1.82) is 0 Å². The van der Waals surface area contributed by atoms with Crippen LogP contribution in [0.25, 0.3) is 0 Å². The summed E-state index contributed by atoms with van der Waals surface area (Å²) in [6.45, 7) is 3.90. The Morgan fingerprint density at radius 3 is 2.39 bits per heavy atom. The predicted molar refractivity (Wildman–Crippen MR) is 79.2 cm³/mol. The average Bonchev–Trinajstić information content (AvgIpc) is 2.93. The van der Waals surface area contributed by atoms with Crippen molar-refractivity contribution in [2.75, 3.05) is 36.4 Å². The largest absolute Gasteiger partial charge is 0.385 e. The molecule has 1 aliphatic rings. The average molecular weight is 245 g/mol. The molecule has 98 valence electrons. The Morgan fingerprint density at radius 1 is 1.00 bits per heavy atom. The van der Waals surface area contributed by atoms with E-state index in [2.05, 4.69) is 46.6 Å². The third-order valence-corrected chi connectivity index (χ3v) is 3.26. The van der Waals surface area contributed by atoms with Gasteiger partial charge in [-0.1, -0.05) is 18.6 Å². The minimum Gasteiger partial charge on any atom is -0.385 e. The number of nitrogens with one attached hydrogen (secondary N) is 1. The minimum absolute atomic E-state index is 0.804. The van der Waals surface area contributed by atoms with E-state index in [-0.39, 0.29) is 0 Å². The van der Waals surface area contributed by atoms with Crippen molar-refractivity contribution in [3.8, 4) is 0 Å². The van der Waals surface area contributed by atoms with E-state index >= 15 is 0 Å². The second-order valence-corrected chi connectivity index (χ2v) is 4.70. The molecule has 0 radical (unpaired) electrons. The maximum atomic E-state index is 5.47. The molecule has 1 aromatic rings. The van der Waals surface area contributed by atoms with Gasteiger partial charge in [-0.15, -0.1) is 0 Å². The van der Waals surface area contributed by atoms with E-state index < -0.39 is 0 Å². The molecule has 0 aliphatic carbocycles. The Hall–Kier alpha value is -1.48. The lowest BCUT2D eigenvalue weighted by atomic mass is 10.2. The van der Waals surface area contributed by atoms with Crippen LogP contribution in [0.5, 0.6) is 0 Å². The van der Waals surface area contributed by atoms with Gasteiger partial charge >= 0.3 is 0 Å². The number of anilines is 2. The van der Waals surface area contributed by atoms with Crippen LogP contribution in [0.1, 0.15) is 19.3 Å². The molecule has 0 atom stereocenters. The molecule has 3 N–H and O–H groups in total. The number of hydrogen-bond acceptors (Lipinski definition) is 3. The van der Waals surface area contributed by atoms with Gasteiger partial charge in [-0.2, -0.15) is 0 Å². The fourth-order valence-corrected chi connectivity index (χ4v) is 2.16. The van der Waals surface area contributed by atoms with Gasteiger partial charge in [0.05, 0.1) is 0 Å². The van der Waals surface area contributed by atoms with E-state index in [0.29, 0.717) is 0 Å². The van der Waals surface area contributed by atoms with Gasteiger partial charge in [0.15, 0.2) is 0 Å². The third kappa shape index (κ3) is 3.77. The van der Waals surface area contributed by atoms with Gasteiger partial charge in [0, 0.05) is 31.0 Å². The van der Waals surface area contributed by atoms with Crippen LogP contribution < -0.4 is 16.0 Å². The first-order chi connectivity index (χ1) is 8.90. The molecule has 1 aliphatic heterocycles. The molecule has 2 rings (SSSR count). The number of nitrogens with zero attached hydrogens (tertiary/aromatic N) is 1. The fraction of sp³-hybridized carbons (Fsp3) is 0.467. The normalized spacial score (nSPS) is 14.2. The van der Waals surface area contributed by atoms with Gasteiger partial charge < -0.3 is 16.0 Å². The molecule has 0 spiro atoms. The summed E-state index contributed by atoms with van der Waals surface area (Å²) in [7, 11) is 0. The van der Waals surface area contributed by atoms with Crippen molar-refractivity contribution >= 4 is 11.4 Å². The molecule has 18 heavy (non-hydrogen) atoms. The van der Waals surface area contributed by atoms with Crippen LogP contribution in [0.3, 0.4) is 0 Å². The van der Waals surface area contributed by atoms with Crippen LogP contribution in [-0.4, -0.2) is 26.2 Å². The zero-order chi connectivity index (χ0) is 12.6. The van der Waals surface area contributed by atoms with E-state index in [1.165, 1.54) is 24.2 Å². The molecule has 0 fully saturated rings. The summed E-state index contributed by atoms with van der Waals surface area (Å²) in [6.07, 6.45) is 7.95. The lowest BCUT2D eigenvalue weighted by molar-refractivity contribution is 0.707. The molecule has 0 saturated heterocycles. The fourth-order valence-electron chi connectivity index (χ4n) is 2.16. The Labute approximate surface area is 110 Å². The van der Waals surface area contributed by atoms with Gasteiger partial charge in [-0.3, -0.25) is 0 Å². The molecule has 0 bridgehead atoms. The quantitative estimate of drug-likeness (QED) is 0.573. The maximum Gasteiger partial charge on any atom is 0.0373 e. The molecule has 3 nitrogen and oxygen atoms in total. The van der Waals surface area contributed by atoms with Crippen LogP contribution >= 0.6 is 0 Å².